The first-order valence-corrected chi connectivity index (χ1v) is 7.38. The Hall–Kier alpha value is -0.170. The molecule has 0 atom stereocenters. The van der Waals surface area contributed by atoms with Crippen molar-refractivity contribution in [3.63, 3.8) is 0 Å². The quantitative estimate of drug-likeness (QED) is 0.729. The lowest BCUT2D eigenvalue weighted by Gasteiger charge is -2.22. The summed E-state index contributed by atoms with van der Waals surface area (Å²) in [6.07, 6.45) is 2.11. The van der Waals surface area contributed by atoms with Crippen LogP contribution >= 0.6 is 0 Å². The second-order valence-electron chi connectivity index (χ2n) is 4.15. The first-order valence-electron chi connectivity index (χ1n) is 5.73. The van der Waals surface area contributed by atoms with Gasteiger partial charge in [0, 0.05) is 13.0 Å². The summed E-state index contributed by atoms with van der Waals surface area (Å²) in [7, 11) is -3.12. The smallest absolute Gasteiger partial charge is 0.211 e. The van der Waals surface area contributed by atoms with Gasteiger partial charge in [-0.05, 0) is 13.3 Å². The lowest BCUT2D eigenvalue weighted by atomic mass is 10.2. The van der Waals surface area contributed by atoms with Gasteiger partial charge in [-0.15, -0.1) is 0 Å². The van der Waals surface area contributed by atoms with Crippen LogP contribution in [-0.4, -0.2) is 39.7 Å². The maximum Gasteiger partial charge on any atom is 0.211 e. The standard InChI is InChI=1S/C10H21NO4S/c1-3-4-9-16(12,13)11-6-5-10(2)14-7-8-15-10/h11H,3-9H2,1-2H3. The Balaban J connectivity index is 2.24. The van der Waals surface area contributed by atoms with Crippen LogP contribution < -0.4 is 4.72 Å². The number of hydrogen-bond acceptors (Lipinski definition) is 4. The molecule has 0 aromatic heterocycles. The van der Waals surface area contributed by atoms with E-state index in [-0.39, 0.29) is 5.75 Å². The van der Waals surface area contributed by atoms with Gasteiger partial charge >= 0.3 is 0 Å². The summed E-state index contributed by atoms with van der Waals surface area (Å²) in [4.78, 5) is 0. The third-order valence-corrected chi connectivity index (χ3v) is 4.04. The molecule has 1 N–H and O–H groups in total. The van der Waals surface area contributed by atoms with Gasteiger partial charge in [-0.3, -0.25) is 0 Å². The summed E-state index contributed by atoms with van der Waals surface area (Å²) in [5, 5.41) is 0. The van der Waals surface area contributed by atoms with Crippen LogP contribution in [0, 0.1) is 0 Å². The molecule has 1 aliphatic heterocycles. The van der Waals surface area contributed by atoms with Gasteiger partial charge in [-0.2, -0.15) is 0 Å². The summed E-state index contributed by atoms with van der Waals surface area (Å²) >= 11 is 0. The maximum atomic E-state index is 11.5. The number of hydrogen-bond donors (Lipinski definition) is 1. The van der Waals surface area contributed by atoms with Gasteiger partial charge in [-0.1, -0.05) is 13.3 Å². The summed E-state index contributed by atoms with van der Waals surface area (Å²) in [5.74, 6) is -0.421. The number of nitrogens with one attached hydrogen (secondary N) is 1. The van der Waals surface area contributed by atoms with Crippen LogP contribution in [0.1, 0.15) is 33.1 Å². The minimum atomic E-state index is -3.12. The fraction of sp³-hybridized carbons (Fsp3) is 1.00. The molecule has 0 amide bonds. The van der Waals surface area contributed by atoms with E-state index in [0.717, 1.165) is 6.42 Å². The monoisotopic (exact) mass is 251 g/mol. The summed E-state index contributed by atoms with van der Waals surface area (Å²) < 4.78 is 36.3. The zero-order valence-electron chi connectivity index (χ0n) is 9.99. The van der Waals surface area contributed by atoms with Gasteiger partial charge in [0.05, 0.1) is 19.0 Å². The van der Waals surface area contributed by atoms with E-state index >= 15 is 0 Å². The molecule has 1 fully saturated rings. The van der Waals surface area contributed by atoms with Crippen molar-refractivity contribution in [3.05, 3.63) is 0 Å². The molecule has 5 nitrogen and oxygen atoms in total. The van der Waals surface area contributed by atoms with E-state index in [4.69, 9.17) is 9.47 Å². The highest BCUT2D eigenvalue weighted by Gasteiger charge is 2.30. The van der Waals surface area contributed by atoms with Crippen molar-refractivity contribution in [2.75, 3.05) is 25.5 Å². The largest absolute Gasteiger partial charge is 0.348 e. The highest BCUT2D eigenvalue weighted by Crippen LogP contribution is 2.21. The van der Waals surface area contributed by atoms with Crippen molar-refractivity contribution >= 4 is 10.0 Å². The van der Waals surface area contributed by atoms with Crippen LogP contribution in [0.3, 0.4) is 0 Å². The first-order chi connectivity index (χ1) is 7.47. The van der Waals surface area contributed by atoms with E-state index in [2.05, 4.69) is 4.72 Å². The Labute approximate surface area is 97.6 Å². The van der Waals surface area contributed by atoms with E-state index in [1.165, 1.54) is 0 Å². The van der Waals surface area contributed by atoms with Crippen LogP contribution in [0.5, 0.6) is 0 Å². The molecular formula is C10H21NO4S. The second-order valence-corrected chi connectivity index (χ2v) is 6.07. The van der Waals surface area contributed by atoms with Gasteiger partial charge in [0.1, 0.15) is 0 Å². The minimum Gasteiger partial charge on any atom is -0.348 e. The molecule has 16 heavy (non-hydrogen) atoms. The minimum absolute atomic E-state index is 0.196. The van der Waals surface area contributed by atoms with E-state index < -0.39 is 15.8 Å². The Bertz CT molecular complexity index is 296. The molecule has 96 valence electrons. The molecule has 0 aliphatic carbocycles. The van der Waals surface area contributed by atoms with E-state index in [1.807, 2.05) is 13.8 Å². The van der Waals surface area contributed by atoms with Crippen LogP contribution in [-0.2, 0) is 19.5 Å². The van der Waals surface area contributed by atoms with Crippen molar-refractivity contribution in [1.82, 2.24) is 4.72 Å². The van der Waals surface area contributed by atoms with Crippen LogP contribution in [0.2, 0.25) is 0 Å². The lowest BCUT2D eigenvalue weighted by molar-refractivity contribution is -0.145. The molecule has 1 rings (SSSR count). The predicted molar refractivity (Wildman–Crippen MR) is 61.6 cm³/mol. The number of unbranched alkanes of at least 4 members (excludes halogenated alkanes) is 1. The van der Waals surface area contributed by atoms with Crippen molar-refractivity contribution in [2.24, 2.45) is 0 Å². The van der Waals surface area contributed by atoms with Crippen molar-refractivity contribution in [2.45, 2.75) is 38.9 Å². The van der Waals surface area contributed by atoms with Gasteiger partial charge in [0.15, 0.2) is 5.79 Å². The average molecular weight is 251 g/mol. The molecule has 0 aromatic carbocycles. The van der Waals surface area contributed by atoms with Crippen LogP contribution in [0.4, 0.5) is 0 Å². The van der Waals surface area contributed by atoms with E-state index in [0.29, 0.717) is 32.6 Å². The Morgan fingerprint density at radius 1 is 1.31 bits per heavy atom. The number of rotatable bonds is 7. The zero-order valence-corrected chi connectivity index (χ0v) is 10.8. The topological polar surface area (TPSA) is 64.6 Å². The molecule has 1 saturated heterocycles. The van der Waals surface area contributed by atoms with Gasteiger partial charge in [0.2, 0.25) is 10.0 Å². The highest BCUT2D eigenvalue weighted by molar-refractivity contribution is 7.89. The van der Waals surface area contributed by atoms with Gasteiger partial charge in [-0.25, -0.2) is 13.1 Å². The maximum absolute atomic E-state index is 11.5. The fourth-order valence-corrected chi connectivity index (χ4v) is 2.77. The molecule has 6 heteroatoms. The molecule has 0 unspecified atom stereocenters. The zero-order chi connectivity index (χ0) is 12.1. The van der Waals surface area contributed by atoms with Crippen LogP contribution in [0.25, 0.3) is 0 Å². The molecule has 1 heterocycles. The van der Waals surface area contributed by atoms with Crippen molar-refractivity contribution in [1.29, 1.82) is 0 Å². The molecule has 1 aliphatic rings. The lowest BCUT2D eigenvalue weighted by Crippen LogP contribution is -2.34. The first kappa shape index (κ1) is 13.9. The summed E-state index contributed by atoms with van der Waals surface area (Å²) in [6, 6.07) is 0. The molecular weight excluding hydrogens is 230 g/mol. The van der Waals surface area contributed by atoms with Crippen molar-refractivity contribution < 1.29 is 17.9 Å². The Morgan fingerprint density at radius 3 is 2.50 bits per heavy atom. The van der Waals surface area contributed by atoms with Gasteiger partial charge in [0.25, 0.3) is 0 Å². The van der Waals surface area contributed by atoms with Crippen LogP contribution in [0.15, 0.2) is 0 Å². The number of ether oxygens (including phenoxy) is 2. The molecule has 0 radical (unpaired) electrons. The number of sulfonamides is 1. The summed E-state index contributed by atoms with van der Waals surface area (Å²) in [5.41, 5.74) is 0. The summed E-state index contributed by atoms with van der Waals surface area (Å²) in [6.45, 7) is 5.33. The molecule has 0 bridgehead atoms. The highest BCUT2D eigenvalue weighted by atomic mass is 32.2. The molecule has 0 saturated carbocycles. The Kier molecular flexibility index (Phi) is 5.17. The van der Waals surface area contributed by atoms with Crippen molar-refractivity contribution in [3.8, 4) is 0 Å². The SMILES string of the molecule is CCCCS(=O)(=O)NCCC1(C)OCCO1. The average Bonchev–Trinajstić information content (AvgIpc) is 2.62. The molecule has 0 aromatic rings. The predicted octanol–water partition coefficient (Wildman–Crippen LogP) is 0.859. The van der Waals surface area contributed by atoms with E-state index in [1.54, 1.807) is 0 Å². The fourth-order valence-electron chi connectivity index (χ4n) is 1.54. The second kappa shape index (κ2) is 5.95. The van der Waals surface area contributed by atoms with E-state index in [9.17, 15) is 8.42 Å². The van der Waals surface area contributed by atoms with Gasteiger partial charge < -0.3 is 9.47 Å². The third-order valence-electron chi connectivity index (χ3n) is 2.57. The normalized spacial score (nSPS) is 20.1. The molecule has 0 spiro atoms. The third kappa shape index (κ3) is 4.78. The Morgan fingerprint density at radius 2 is 1.94 bits per heavy atom.